The molecule has 312 valence electrons. The van der Waals surface area contributed by atoms with E-state index in [1.54, 1.807) is 19.1 Å². The van der Waals surface area contributed by atoms with Crippen molar-refractivity contribution >= 4 is 13.3 Å². The Labute approximate surface area is 333 Å². The Hall–Kier alpha value is -2.76. The fourth-order valence-corrected chi connectivity index (χ4v) is 7.88. The number of hydrogen-bond donors (Lipinski definition) is 3. The standard InChI is InChI=1S/C42H65N4O9P/c1-3-4-5-6-7-8-9-10-11-12-13-14-15-16-17-18-22-27-51-29-36(52-28-35-23-20-19-21-24-35)30-53-56(49,50)54-31-38-40(47)41(48)42(32-43,55-38)39-26-25-37-34(2)44-33-45-46(37)39/h19-21,23-26,33,36,38,40-41,47-48H,3-18,22,27-31H2,1-2H3,(H,49,50)/t36-,38-,40-,41-,42+/m1/s1. The first-order chi connectivity index (χ1) is 27.2. The van der Waals surface area contributed by atoms with E-state index >= 15 is 0 Å². The zero-order chi connectivity index (χ0) is 40.1. The Kier molecular flexibility index (Phi) is 20.4. The molecule has 0 aliphatic carbocycles. The van der Waals surface area contributed by atoms with E-state index in [-0.39, 0.29) is 25.5 Å². The second-order valence-corrected chi connectivity index (χ2v) is 16.5. The largest absolute Gasteiger partial charge is 0.472 e. The van der Waals surface area contributed by atoms with Crippen LogP contribution in [-0.2, 0) is 40.0 Å². The van der Waals surface area contributed by atoms with Crippen molar-refractivity contribution in [3.63, 3.8) is 0 Å². The van der Waals surface area contributed by atoms with Crippen LogP contribution in [0.15, 0.2) is 48.8 Å². The topological polar surface area (TPSA) is 178 Å². The van der Waals surface area contributed by atoms with E-state index in [0.717, 1.165) is 18.4 Å². The first-order valence-electron chi connectivity index (χ1n) is 20.8. The quantitative estimate of drug-likeness (QED) is 0.0435. The minimum absolute atomic E-state index is 0.154. The van der Waals surface area contributed by atoms with Crippen molar-refractivity contribution in [3.05, 3.63) is 65.7 Å². The molecule has 1 aromatic carbocycles. The van der Waals surface area contributed by atoms with Gasteiger partial charge in [-0.25, -0.2) is 14.1 Å². The van der Waals surface area contributed by atoms with Crippen LogP contribution >= 0.6 is 7.82 Å². The zero-order valence-corrected chi connectivity index (χ0v) is 34.4. The number of phosphoric acid groups is 1. The van der Waals surface area contributed by atoms with E-state index in [1.807, 2.05) is 36.4 Å². The number of unbranched alkanes of at least 4 members (excludes halogenated alkanes) is 16. The van der Waals surface area contributed by atoms with Gasteiger partial charge in [-0.15, -0.1) is 0 Å². The number of benzene rings is 1. The highest BCUT2D eigenvalue weighted by Gasteiger charge is 2.58. The maximum absolute atomic E-state index is 13.0. The van der Waals surface area contributed by atoms with Gasteiger partial charge in [0.05, 0.1) is 43.3 Å². The molecule has 1 aliphatic rings. The number of aryl methyl sites for hydroxylation is 1. The summed E-state index contributed by atoms with van der Waals surface area (Å²) < 4.78 is 42.7. The van der Waals surface area contributed by atoms with Crippen LogP contribution < -0.4 is 0 Å². The van der Waals surface area contributed by atoms with Crippen molar-refractivity contribution in [2.75, 3.05) is 26.4 Å². The highest BCUT2D eigenvalue weighted by molar-refractivity contribution is 7.47. The van der Waals surface area contributed by atoms with Crippen LogP contribution in [0.1, 0.15) is 133 Å². The van der Waals surface area contributed by atoms with Crippen molar-refractivity contribution in [2.24, 2.45) is 0 Å². The van der Waals surface area contributed by atoms with Crippen LogP contribution in [0.4, 0.5) is 0 Å². The molecule has 56 heavy (non-hydrogen) atoms. The predicted octanol–water partition coefficient (Wildman–Crippen LogP) is 8.26. The number of nitrogens with zero attached hydrogens (tertiary/aromatic N) is 4. The van der Waals surface area contributed by atoms with Gasteiger partial charge in [0.25, 0.3) is 0 Å². The van der Waals surface area contributed by atoms with Crippen molar-refractivity contribution in [1.29, 1.82) is 5.26 Å². The van der Waals surface area contributed by atoms with E-state index in [0.29, 0.717) is 17.8 Å². The molecule has 3 aromatic rings. The van der Waals surface area contributed by atoms with Gasteiger partial charge in [0, 0.05) is 6.61 Å². The third kappa shape index (κ3) is 14.6. The van der Waals surface area contributed by atoms with Crippen molar-refractivity contribution in [3.8, 4) is 6.07 Å². The molecule has 1 aliphatic heterocycles. The lowest BCUT2D eigenvalue weighted by Gasteiger charge is -2.24. The molecular formula is C42H65N4O9P. The molecule has 1 fully saturated rings. The van der Waals surface area contributed by atoms with E-state index < -0.39 is 44.4 Å². The summed E-state index contributed by atoms with van der Waals surface area (Å²) >= 11 is 0. The molecule has 13 nitrogen and oxygen atoms in total. The van der Waals surface area contributed by atoms with Gasteiger partial charge in [0.1, 0.15) is 36.8 Å². The fraction of sp³-hybridized carbons (Fsp3) is 0.690. The van der Waals surface area contributed by atoms with Gasteiger partial charge < -0.3 is 29.3 Å². The highest BCUT2D eigenvalue weighted by atomic mass is 31.2. The average Bonchev–Trinajstić information content (AvgIpc) is 3.75. The first kappa shape index (κ1) is 45.9. The van der Waals surface area contributed by atoms with Crippen molar-refractivity contribution in [2.45, 2.75) is 160 Å². The SMILES string of the molecule is CCCCCCCCCCCCCCCCCCCOC[C@H](COP(=O)(O)OC[C@H]1O[C@@](C#N)(c2ccc3c(C)ncnn23)[C@H](O)[C@@H]1O)OCc1ccccc1. The third-order valence-corrected chi connectivity index (χ3v) is 11.5. The van der Waals surface area contributed by atoms with Gasteiger partial charge in [-0.1, -0.05) is 140 Å². The monoisotopic (exact) mass is 800 g/mol. The molecule has 0 amide bonds. The molecule has 0 saturated carbocycles. The van der Waals surface area contributed by atoms with Crippen LogP contribution in [0, 0.1) is 18.3 Å². The Bertz CT molecular complexity index is 1620. The summed E-state index contributed by atoms with van der Waals surface area (Å²) in [5.41, 5.74) is 0.298. The molecule has 3 N–H and O–H groups in total. The van der Waals surface area contributed by atoms with E-state index in [1.165, 1.54) is 107 Å². The van der Waals surface area contributed by atoms with Crippen molar-refractivity contribution in [1.82, 2.24) is 14.6 Å². The van der Waals surface area contributed by atoms with Crippen LogP contribution in [0.3, 0.4) is 0 Å². The summed E-state index contributed by atoms with van der Waals surface area (Å²) in [7, 11) is -4.69. The number of fused-ring (bicyclic) bond motifs is 1. The molecule has 14 heteroatoms. The molecule has 6 atom stereocenters. The maximum atomic E-state index is 13.0. The van der Waals surface area contributed by atoms with Crippen LogP contribution in [0.2, 0.25) is 0 Å². The Morgan fingerprint density at radius 2 is 1.48 bits per heavy atom. The Balaban J connectivity index is 1.14. The van der Waals surface area contributed by atoms with Gasteiger partial charge in [-0.3, -0.25) is 9.05 Å². The molecule has 1 saturated heterocycles. The molecule has 0 spiro atoms. The fourth-order valence-electron chi connectivity index (χ4n) is 7.11. The molecule has 4 rings (SSSR count). The maximum Gasteiger partial charge on any atom is 0.472 e. The first-order valence-corrected chi connectivity index (χ1v) is 22.3. The Morgan fingerprint density at radius 1 is 0.875 bits per heavy atom. The number of nitriles is 1. The van der Waals surface area contributed by atoms with Gasteiger partial charge in [-0.2, -0.15) is 10.4 Å². The minimum Gasteiger partial charge on any atom is -0.387 e. The number of aliphatic hydroxyl groups excluding tert-OH is 2. The number of aromatic nitrogens is 3. The number of rotatable bonds is 30. The minimum atomic E-state index is -4.69. The lowest BCUT2D eigenvalue weighted by Crippen LogP contribution is -2.41. The zero-order valence-electron chi connectivity index (χ0n) is 33.5. The smallest absolute Gasteiger partial charge is 0.387 e. The summed E-state index contributed by atoms with van der Waals surface area (Å²) in [5, 5.41) is 36.2. The molecule has 2 aromatic heterocycles. The highest BCUT2D eigenvalue weighted by Crippen LogP contribution is 2.46. The lowest BCUT2D eigenvalue weighted by molar-refractivity contribution is -0.0690. The van der Waals surface area contributed by atoms with Gasteiger partial charge >= 0.3 is 7.82 Å². The van der Waals surface area contributed by atoms with Gasteiger partial charge in [-0.05, 0) is 31.0 Å². The molecular weight excluding hydrogens is 735 g/mol. The summed E-state index contributed by atoms with van der Waals surface area (Å²) in [6, 6.07) is 14.7. The summed E-state index contributed by atoms with van der Waals surface area (Å²) in [5.74, 6) is 0. The molecule has 3 heterocycles. The Morgan fingerprint density at radius 3 is 2.09 bits per heavy atom. The van der Waals surface area contributed by atoms with Crippen LogP contribution in [-0.4, -0.2) is 80.5 Å². The van der Waals surface area contributed by atoms with Gasteiger partial charge in [0.2, 0.25) is 5.60 Å². The van der Waals surface area contributed by atoms with Crippen LogP contribution in [0.5, 0.6) is 0 Å². The number of phosphoric ester groups is 1. The number of aliphatic hydroxyl groups is 2. The molecule has 0 bridgehead atoms. The molecule has 0 radical (unpaired) electrons. The third-order valence-electron chi connectivity index (χ3n) is 10.5. The molecule has 1 unspecified atom stereocenters. The normalized spacial score (nSPS) is 21.3. The van der Waals surface area contributed by atoms with E-state index in [4.69, 9.17) is 23.3 Å². The van der Waals surface area contributed by atoms with Crippen LogP contribution in [0.25, 0.3) is 5.52 Å². The van der Waals surface area contributed by atoms with Gasteiger partial charge in [0.15, 0.2) is 0 Å². The second-order valence-electron chi connectivity index (χ2n) is 15.0. The summed E-state index contributed by atoms with van der Waals surface area (Å²) in [6.07, 6.45) is 18.1. The summed E-state index contributed by atoms with van der Waals surface area (Å²) in [4.78, 5) is 14.7. The van der Waals surface area contributed by atoms with E-state index in [9.17, 15) is 24.9 Å². The number of ether oxygens (including phenoxy) is 3. The van der Waals surface area contributed by atoms with Crippen molar-refractivity contribution < 1.29 is 42.9 Å². The number of hydrogen-bond acceptors (Lipinski definition) is 11. The average molecular weight is 801 g/mol. The predicted molar refractivity (Wildman–Crippen MR) is 214 cm³/mol. The summed E-state index contributed by atoms with van der Waals surface area (Å²) in [6.45, 7) is 4.04. The van der Waals surface area contributed by atoms with E-state index in [2.05, 4.69) is 17.0 Å². The second kappa shape index (κ2) is 24.9. The lowest BCUT2D eigenvalue weighted by atomic mass is 9.92.